The number of nitro benzene ring substituents is 1. The van der Waals surface area contributed by atoms with Gasteiger partial charge in [0.1, 0.15) is 4.90 Å². The first-order chi connectivity index (χ1) is 10.8. The first kappa shape index (κ1) is 17.2. The number of hydrogen-bond acceptors (Lipinski definition) is 6. The Labute approximate surface area is 133 Å². The van der Waals surface area contributed by atoms with Gasteiger partial charge in [-0.05, 0) is 18.9 Å². The van der Waals surface area contributed by atoms with E-state index in [1.54, 1.807) is 0 Å². The fourth-order valence-electron chi connectivity index (χ4n) is 2.36. The number of aliphatic carboxylic acids is 1. The van der Waals surface area contributed by atoms with E-state index in [9.17, 15) is 23.3 Å². The molecule has 1 aromatic rings. The molecular weight excluding hydrogens is 326 g/mol. The number of rotatable bonds is 7. The quantitative estimate of drug-likeness (QED) is 0.563. The molecule has 1 aliphatic heterocycles. The van der Waals surface area contributed by atoms with E-state index >= 15 is 0 Å². The van der Waals surface area contributed by atoms with Crippen molar-refractivity contribution in [3.63, 3.8) is 0 Å². The average Bonchev–Trinajstić information content (AvgIpc) is 3.01. The average molecular weight is 343 g/mol. The molecule has 1 fully saturated rings. The molecule has 1 heterocycles. The number of carboxylic acid groups (broad SMARTS) is 1. The smallest absolute Gasteiger partial charge is 0.305 e. The molecule has 0 unspecified atom stereocenters. The van der Waals surface area contributed by atoms with Crippen LogP contribution in [0.4, 0.5) is 11.4 Å². The van der Waals surface area contributed by atoms with Gasteiger partial charge in [0, 0.05) is 31.8 Å². The van der Waals surface area contributed by atoms with Crippen molar-refractivity contribution in [3.8, 4) is 0 Å². The van der Waals surface area contributed by atoms with Crippen LogP contribution < -0.4 is 5.32 Å². The summed E-state index contributed by atoms with van der Waals surface area (Å²) < 4.78 is 26.6. The van der Waals surface area contributed by atoms with Crippen LogP contribution in [0.2, 0.25) is 0 Å². The molecule has 0 aliphatic carbocycles. The maximum absolute atomic E-state index is 12.7. The number of sulfonamides is 1. The molecule has 126 valence electrons. The fraction of sp³-hybridized carbons (Fsp3) is 0.462. The third kappa shape index (κ3) is 3.96. The van der Waals surface area contributed by atoms with Crippen molar-refractivity contribution >= 4 is 27.4 Å². The predicted octanol–water partition coefficient (Wildman–Crippen LogP) is 1.27. The number of nitrogens with zero attached hydrogens (tertiary/aromatic N) is 2. The Balaban J connectivity index is 2.37. The van der Waals surface area contributed by atoms with E-state index in [4.69, 9.17) is 5.11 Å². The number of non-ortho nitro benzene ring substituents is 1. The van der Waals surface area contributed by atoms with Gasteiger partial charge >= 0.3 is 5.97 Å². The van der Waals surface area contributed by atoms with E-state index in [0.717, 1.165) is 18.9 Å². The summed E-state index contributed by atoms with van der Waals surface area (Å²) in [5.41, 5.74) is -0.157. The Hall–Kier alpha value is -2.20. The number of nitrogens with one attached hydrogen (secondary N) is 1. The van der Waals surface area contributed by atoms with Crippen LogP contribution in [0, 0.1) is 10.1 Å². The highest BCUT2D eigenvalue weighted by atomic mass is 32.2. The molecule has 0 radical (unpaired) electrons. The molecule has 1 saturated heterocycles. The first-order valence-electron chi connectivity index (χ1n) is 7.06. The number of benzene rings is 1. The van der Waals surface area contributed by atoms with Crippen LogP contribution in [-0.4, -0.2) is 48.4 Å². The minimum atomic E-state index is -3.86. The second-order valence-corrected chi connectivity index (χ2v) is 7.03. The molecule has 0 bridgehead atoms. The zero-order valence-electron chi connectivity index (χ0n) is 12.3. The molecule has 0 aromatic heterocycles. The fourth-order valence-corrected chi connectivity index (χ4v) is 4.06. The van der Waals surface area contributed by atoms with Crippen LogP contribution in [0.25, 0.3) is 0 Å². The van der Waals surface area contributed by atoms with Crippen LogP contribution >= 0.6 is 0 Å². The third-order valence-electron chi connectivity index (χ3n) is 3.51. The number of anilines is 1. The number of carboxylic acids is 1. The Morgan fingerprint density at radius 3 is 2.57 bits per heavy atom. The summed E-state index contributed by atoms with van der Waals surface area (Å²) >= 11 is 0. The normalized spacial score (nSPS) is 15.5. The zero-order valence-corrected chi connectivity index (χ0v) is 13.1. The molecule has 1 aromatic carbocycles. The minimum absolute atomic E-state index is 0.0235. The van der Waals surface area contributed by atoms with Gasteiger partial charge in [0.2, 0.25) is 10.0 Å². The highest BCUT2D eigenvalue weighted by Crippen LogP contribution is 2.30. The lowest BCUT2D eigenvalue weighted by Crippen LogP contribution is -2.28. The second kappa shape index (κ2) is 6.92. The number of nitro groups is 1. The summed E-state index contributed by atoms with van der Waals surface area (Å²) in [6.45, 7) is 0.773. The summed E-state index contributed by atoms with van der Waals surface area (Å²) in [7, 11) is -3.86. The summed E-state index contributed by atoms with van der Waals surface area (Å²) in [5.74, 6) is -1.02. The van der Waals surface area contributed by atoms with Crippen LogP contribution in [-0.2, 0) is 14.8 Å². The summed E-state index contributed by atoms with van der Waals surface area (Å²) in [4.78, 5) is 20.6. The Kier molecular flexibility index (Phi) is 5.16. The lowest BCUT2D eigenvalue weighted by molar-refractivity contribution is -0.385. The molecule has 2 N–H and O–H groups in total. The maximum atomic E-state index is 12.7. The van der Waals surface area contributed by atoms with Crippen LogP contribution in [0.1, 0.15) is 19.3 Å². The third-order valence-corrected chi connectivity index (χ3v) is 5.45. The molecular formula is C13H17N3O6S. The van der Waals surface area contributed by atoms with Gasteiger partial charge in [-0.1, -0.05) is 0 Å². The molecule has 0 saturated carbocycles. The lowest BCUT2D eigenvalue weighted by Gasteiger charge is -2.18. The number of hydrogen-bond donors (Lipinski definition) is 2. The molecule has 0 spiro atoms. The van der Waals surface area contributed by atoms with Crippen molar-refractivity contribution in [2.75, 3.05) is 25.0 Å². The van der Waals surface area contributed by atoms with Gasteiger partial charge in [-0.2, -0.15) is 4.31 Å². The van der Waals surface area contributed by atoms with Crippen molar-refractivity contribution in [2.24, 2.45) is 0 Å². The van der Waals surface area contributed by atoms with Gasteiger partial charge in [-0.3, -0.25) is 14.9 Å². The Morgan fingerprint density at radius 2 is 2.00 bits per heavy atom. The number of carbonyl (C=O) groups is 1. The van der Waals surface area contributed by atoms with E-state index in [-0.39, 0.29) is 29.2 Å². The van der Waals surface area contributed by atoms with Crippen molar-refractivity contribution < 1.29 is 23.2 Å². The van der Waals surface area contributed by atoms with Crippen LogP contribution in [0.3, 0.4) is 0 Å². The predicted molar refractivity (Wildman–Crippen MR) is 81.8 cm³/mol. The van der Waals surface area contributed by atoms with E-state index in [1.807, 2.05) is 0 Å². The highest BCUT2D eigenvalue weighted by molar-refractivity contribution is 7.89. The second-order valence-electron chi connectivity index (χ2n) is 5.12. The van der Waals surface area contributed by atoms with Crippen molar-refractivity contribution in [1.29, 1.82) is 0 Å². The molecule has 9 nitrogen and oxygen atoms in total. The van der Waals surface area contributed by atoms with E-state index in [1.165, 1.54) is 16.4 Å². The molecule has 1 aliphatic rings. The Morgan fingerprint density at radius 1 is 1.35 bits per heavy atom. The van der Waals surface area contributed by atoms with Crippen LogP contribution in [0.15, 0.2) is 23.1 Å². The highest BCUT2D eigenvalue weighted by Gasteiger charge is 2.30. The summed E-state index contributed by atoms with van der Waals surface area (Å²) in [6, 6.07) is 3.49. The first-order valence-corrected chi connectivity index (χ1v) is 8.50. The molecule has 2 rings (SSSR count). The minimum Gasteiger partial charge on any atom is -0.481 e. The van der Waals surface area contributed by atoms with Gasteiger partial charge in [0.25, 0.3) is 5.69 Å². The molecule has 10 heteroatoms. The van der Waals surface area contributed by atoms with Crippen molar-refractivity contribution in [1.82, 2.24) is 4.31 Å². The van der Waals surface area contributed by atoms with Gasteiger partial charge in [-0.25, -0.2) is 8.42 Å². The standard InChI is InChI=1S/C13H17N3O6S/c17-13(18)5-6-14-11-4-3-10(16(19)20)9-12(11)23(21,22)15-7-1-2-8-15/h3-4,9,14H,1-2,5-8H2,(H,17,18). The Bertz CT molecular complexity index is 712. The van der Waals surface area contributed by atoms with E-state index in [0.29, 0.717) is 13.1 Å². The largest absolute Gasteiger partial charge is 0.481 e. The molecule has 23 heavy (non-hydrogen) atoms. The zero-order chi connectivity index (χ0) is 17.0. The van der Waals surface area contributed by atoms with Crippen molar-refractivity contribution in [3.05, 3.63) is 28.3 Å². The SMILES string of the molecule is O=C(O)CCNc1ccc([N+](=O)[O-])cc1S(=O)(=O)N1CCCC1. The van der Waals surface area contributed by atoms with Gasteiger partial charge in [0.15, 0.2) is 0 Å². The van der Waals surface area contributed by atoms with Gasteiger partial charge in [-0.15, -0.1) is 0 Å². The molecule has 0 amide bonds. The van der Waals surface area contributed by atoms with Crippen molar-refractivity contribution in [2.45, 2.75) is 24.2 Å². The van der Waals surface area contributed by atoms with E-state index < -0.39 is 20.9 Å². The monoisotopic (exact) mass is 343 g/mol. The van der Waals surface area contributed by atoms with Gasteiger partial charge < -0.3 is 10.4 Å². The molecule has 0 atom stereocenters. The van der Waals surface area contributed by atoms with E-state index in [2.05, 4.69) is 5.32 Å². The lowest BCUT2D eigenvalue weighted by atomic mass is 10.2. The summed E-state index contributed by atoms with van der Waals surface area (Å²) in [5, 5.41) is 22.3. The topological polar surface area (TPSA) is 130 Å². The van der Waals surface area contributed by atoms with Crippen LogP contribution in [0.5, 0.6) is 0 Å². The van der Waals surface area contributed by atoms with Gasteiger partial charge in [0.05, 0.1) is 17.0 Å². The summed E-state index contributed by atoms with van der Waals surface area (Å²) in [6.07, 6.45) is 1.30. The maximum Gasteiger partial charge on any atom is 0.305 e.